The van der Waals surface area contributed by atoms with E-state index >= 15 is 0 Å². The number of benzene rings is 2. The Morgan fingerprint density at radius 2 is 1.57 bits per heavy atom. The molecule has 4 nitrogen and oxygen atoms in total. The lowest BCUT2D eigenvalue weighted by Crippen LogP contribution is -2.56. The number of aliphatic carboxylic acids is 1. The number of fused-ring (bicyclic) bond motifs is 6. The quantitative estimate of drug-likeness (QED) is 0.341. The van der Waals surface area contributed by atoms with Crippen LogP contribution in [-0.2, 0) is 33.5 Å². The predicted molar refractivity (Wildman–Crippen MR) is 151 cm³/mol. The van der Waals surface area contributed by atoms with Crippen LogP contribution in [0, 0.1) is 10.8 Å². The predicted octanol–water partition coefficient (Wildman–Crippen LogP) is 8.19. The van der Waals surface area contributed by atoms with Gasteiger partial charge in [-0.2, -0.15) is 13.2 Å². The fraction of sp³-hybridized carbons (Fsp3) is 0.562. The van der Waals surface area contributed by atoms with E-state index in [0.29, 0.717) is 93.3 Å². The highest BCUT2D eigenvalue weighted by Gasteiger charge is 2.60. The summed E-state index contributed by atoms with van der Waals surface area (Å²) in [6, 6.07) is 9.39. The van der Waals surface area contributed by atoms with Crippen LogP contribution in [0.4, 0.5) is 17.6 Å². The Kier molecular flexibility index (Phi) is 6.97. The van der Waals surface area contributed by atoms with Gasteiger partial charge in [-0.15, -0.1) is 0 Å². The Morgan fingerprint density at radius 1 is 0.929 bits per heavy atom. The van der Waals surface area contributed by atoms with Gasteiger partial charge in [0.05, 0.1) is 15.5 Å². The number of rotatable bonds is 5. The number of nitrogens with zero attached hydrogens (tertiary/aromatic N) is 1. The van der Waals surface area contributed by atoms with Crippen molar-refractivity contribution in [1.29, 1.82) is 0 Å². The molecule has 2 aromatic carbocycles. The average Bonchev–Trinajstić information content (AvgIpc) is 3.33. The second-order valence-corrected chi connectivity index (χ2v) is 13.9. The highest BCUT2D eigenvalue weighted by Crippen LogP contribution is 2.59. The Balaban J connectivity index is 1.38. The zero-order valence-corrected chi connectivity index (χ0v) is 24.8. The van der Waals surface area contributed by atoms with Crippen LogP contribution in [0.5, 0.6) is 0 Å². The van der Waals surface area contributed by atoms with E-state index in [9.17, 15) is 32.3 Å². The maximum absolute atomic E-state index is 15.0. The Labute approximate surface area is 252 Å². The van der Waals surface area contributed by atoms with Crippen molar-refractivity contribution < 1.29 is 32.3 Å². The maximum atomic E-state index is 15.0. The molecular formula is C32H33Cl2F4NO3. The van der Waals surface area contributed by atoms with Gasteiger partial charge in [0.1, 0.15) is 0 Å². The molecule has 2 bridgehead atoms. The summed E-state index contributed by atoms with van der Waals surface area (Å²) in [6.07, 6.45) is 0.120. The van der Waals surface area contributed by atoms with Crippen LogP contribution in [0.2, 0.25) is 10.0 Å². The van der Waals surface area contributed by atoms with Gasteiger partial charge in [0, 0.05) is 23.4 Å². The number of likely N-dealkylation sites (tertiary alicyclic amines) is 1. The Morgan fingerprint density at radius 3 is 2.17 bits per heavy atom. The summed E-state index contributed by atoms with van der Waals surface area (Å²) in [7, 11) is 0. The minimum absolute atomic E-state index is 0.0654. The molecule has 3 unspecified atom stereocenters. The van der Waals surface area contributed by atoms with E-state index in [1.54, 1.807) is 18.2 Å². The summed E-state index contributed by atoms with van der Waals surface area (Å²) in [6.45, 7) is 1.04. The summed E-state index contributed by atoms with van der Waals surface area (Å²) in [4.78, 5) is 28.3. The number of carboxylic acid groups (broad SMARTS) is 1. The molecule has 1 heterocycles. The number of halogens is 6. The lowest BCUT2D eigenvalue weighted by atomic mass is 9.53. The first kappa shape index (κ1) is 29.7. The molecule has 0 radical (unpaired) electrons. The molecule has 0 aromatic heterocycles. The molecule has 3 saturated carbocycles. The fourth-order valence-corrected chi connectivity index (χ4v) is 8.73. The van der Waals surface area contributed by atoms with Crippen LogP contribution in [0.1, 0.15) is 80.5 Å². The molecule has 1 N–H and O–H groups in total. The maximum Gasteiger partial charge on any atom is 0.426 e. The minimum atomic E-state index is -5.05. The third kappa shape index (κ3) is 4.37. The molecule has 4 fully saturated rings. The number of hydrogen-bond donors (Lipinski definition) is 1. The molecule has 10 heteroatoms. The molecule has 1 aliphatic heterocycles. The topological polar surface area (TPSA) is 57.6 Å². The molecule has 42 heavy (non-hydrogen) atoms. The van der Waals surface area contributed by atoms with E-state index in [1.807, 2.05) is 11.0 Å². The largest absolute Gasteiger partial charge is 0.481 e. The van der Waals surface area contributed by atoms with Crippen molar-refractivity contribution in [2.24, 2.45) is 10.8 Å². The summed E-state index contributed by atoms with van der Waals surface area (Å²) in [5.41, 5.74) is -3.41. The monoisotopic (exact) mass is 625 g/mol. The first-order valence-electron chi connectivity index (χ1n) is 14.5. The van der Waals surface area contributed by atoms with Gasteiger partial charge in [0.15, 0.2) is 0 Å². The number of carbonyl (C=O) groups excluding carboxylic acids is 1. The molecule has 3 atom stereocenters. The number of hydrogen-bond acceptors (Lipinski definition) is 2. The third-order valence-electron chi connectivity index (χ3n) is 11.1. The third-order valence-corrected chi connectivity index (χ3v) is 11.9. The van der Waals surface area contributed by atoms with Gasteiger partial charge in [-0.3, -0.25) is 9.59 Å². The minimum Gasteiger partial charge on any atom is -0.481 e. The average molecular weight is 627 g/mol. The molecule has 4 aliphatic carbocycles. The van der Waals surface area contributed by atoms with E-state index in [4.69, 9.17) is 23.2 Å². The number of aryl methyl sites for hydroxylation is 1. The Hall–Kier alpha value is -2.32. The lowest BCUT2D eigenvalue weighted by molar-refractivity contribution is -0.228. The fourth-order valence-electron chi connectivity index (χ4n) is 8.41. The van der Waals surface area contributed by atoms with E-state index in [0.717, 1.165) is 11.1 Å². The molecular weight excluding hydrogens is 593 g/mol. The highest BCUT2D eigenvalue weighted by atomic mass is 35.5. The van der Waals surface area contributed by atoms with Crippen LogP contribution >= 0.6 is 23.2 Å². The van der Waals surface area contributed by atoms with Crippen LogP contribution in [0.15, 0.2) is 36.4 Å². The van der Waals surface area contributed by atoms with Gasteiger partial charge < -0.3 is 10.0 Å². The van der Waals surface area contributed by atoms with Crippen LogP contribution in [0.3, 0.4) is 0 Å². The van der Waals surface area contributed by atoms with Gasteiger partial charge in [-0.05, 0) is 106 Å². The van der Waals surface area contributed by atoms with E-state index in [2.05, 4.69) is 0 Å². The lowest BCUT2D eigenvalue weighted by Gasteiger charge is -2.52. The standard InChI is InChI=1S/C32H33Cl2F4NO3/c1-28(35,32(36,37)38)21-4-5-22-20(17-21)3-7-25-31(22,18-19-2-6-23(33)24(34)16-19)14-15-39(25)26(40)29-8-11-30(12-9-29,13-10-29)27(41)42/h2,4-6,16-17,25H,3,7-15,18H2,1H3,(H,41,42). The van der Waals surface area contributed by atoms with Crippen molar-refractivity contribution >= 4 is 35.1 Å². The number of alkyl halides is 4. The smallest absolute Gasteiger partial charge is 0.426 e. The van der Waals surface area contributed by atoms with Gasteiger partial charge in [-0.25, -0.2) is 4.39 Å². The van der Waals surface area contributed by atoms with Crippen molar-refractivity contribution in [3.63, 3.8) is 0 Å². The summed E-state index contributed by atoms with van der Waals surface area (Å²) in [5.74, 6) is -0.709. The first-order valence-corrected chi connectivity index (χ1v) is 15.3. The van der Waals surface area contributed by atoms with Crippen molar-refractivity contribution in [2.75, 3.05) is 6.54 Å². The van der Waals surface area contributed by atoms with Gasteiger partial charge in [0.25, 0.3) is 0 Å². The molecule has 2 aromatic rings. The summed E-state index contributed by atoms with van der Waals surface area (Å²) < 4.78 is 55.7. The van der Waals surface area contributed by atoms with Crippen LogP contribution < -0.4 is 0 Å². The summed E-state index contributed by atoms with van der Waals surface area (Å²) in [5, 5.41) is 10.6. The van der Waals surface area contributed by atoms with Crippen molar-refractivity contribution in [2.45, 2.75) is 94.4 Å². The van der Waals surface area contributed by atoms with E-state index in [1.165, 1.54) is 12.1 Å². The number of carbonyl (C=O) groups is 2. The van der Waals surface area contributed by atoms with Crippen LogP contribution in [0.25, 0.3) is 0 Å². The van der Waals surface area contributed by atoms with E-state index in [-0.39, 0.29) is 11.9 Å². The summed E-state index contributed by atoms with van der Waals surface area (Å²) >= 11 is 12.5. The van der Waals surface area contributed by atoms with Gasteiger partial charge >= 0.3 is 12.1 Å². The SMILES string of the molecule is CC(F)(c1ccc2c(c1)CCC1N(C(=O)C34CCC(C(=O)O)(CC3)CC4)CCC21Cc1ccc(Cl)c(Cl)c1)C(F)(F)F. The second kappa shape index (κ2) is 9.85. The van der Waals surface area contributed by atoms with Gasteiger partial charge in [-0.1, -0.05) is 47.5 Å². The molecule has 7 rings (SSSR count). The number of amides is 1. The van der Waals surface area contributed by atoms with Crippen molar-refractivity contribution in [3.05, 3.63) is 68.7 Å². The highest BCUT2D eigenvalue weighted by molar-refractivity contribution is 6.42. The van der Waals surface area contributed by atoms with Crippen molar-refractivity contribution in [1.82, 2.24) is 4.90 Å². The number of carboxylic acids is 1. The second-order valence-electron chi connectivity index (χ2n) is 13.1. The molecule has 1 saturated heterocycles. The van der Waals surface area contributed by atoms with Crippen molar-refractivity contribution in [3.8, 4) is 0 Å². The molecule has 0 spiro atoms. The molecule has 5 aliphatic rings. The zero-order valence-electron chi connectivity index (χ0n) is 23.3. The van der Waals surface area contributed by atoms with Crippen LogP contribution in [-0.4, -0.2) is 40.6 Å². The van der Waals surface area contributed by atoms with Gasteiger partial charge in [0.2, 0.25) is 11.6 Å². The molecule has 226 valence electrons. The zero-order chi connectivity index (χ0) is 30.3. The normalized spacial score (nSPS) is 31.8. The van der Waals surface area contributed by atoms with E-state index < -0.39 is 39.6 Å². The molecule has 1 amide bonds. The Bertz CT molecular complexity index is 1430. The first-order chi connectivity index (χ1) is 19.6.